The van der Waals surface area contributed by atoms with Crippen molar-refractivity contribution >= 4 is 18.0 Å². The third-order valence-electron chi connectivity index (χ3n) is 2.85. The van der Waals surface area contributed by atoms with E-state index in [-0.39, 0.29) is 19.4 Å². The fourth-order valence-corrected chi connectivity index (χ4v) is 1.81. The molecule has 0 radical (unpaired) electrons. The number of carbonyl (C=O) groups excluding carboxylic acids is 3. The van der Waals surface area contributed by atoms with E-state index in [1.807, 2.05) is 6.07 Å². The van der Waals surface area contributed by atoms with E-state index >= 15 is 0 Å². The SMILES string of the molecule is CC(C)(C)OC(=O)CC[C@H](NC(=O)OCc1ccccc1)C(=O)[O-]. The van der Waals surface area contributed by atoms with Gasteiger partial charge in [-0.15, -0.1) is 0 Å². The molecular weight excluding hydrogens is 314 g/mol. The molecule has 0 fully saturated rings. The minimum absolute atomic E-state index is 0.0124. The first kappa shape index (κ1) is 19.5. The van der Waals surface area contributed by atoms with Gasteiger partial charge in [0.15, 0.2) is 0 Å². The van der Waals surface area contributed by atoms with Gasteiger partial charge in [0.25, 0.3) is 0 Å². The summed E-state index contributed by atoms with van der Waals surface area (Å²) in [5.74, 6) is -2.04. The number of ether oxygens (including phenoxy) is 2. The number of carbonyl (C=O) groups is 3. The number of alkyl carbamates (subject to hydrolysis) is 1. The van der Waals surface area contributed by atoms with Crippen LogP contribution in [0, 0.1) is 0 Å². The zero-order chi connectivity index (χ0) is 18.2. The molecule has 1 atom stereocenters. The van der Waals surface area contributed by atoms with Crippen LogP contribution in [0.25, 0.3) is 0 Å². The number of carboxylic acids is 1. The molecule has 1 N–H and O–H groups in total. The van der Waals surface area contributed by atoms with Crippen LogP contribution in [0.4, 0.5) is 4.79 Å². The third kappa shape index (κ3) is 8.17. The number of carboxylic acid groups (broad SMARTS) is 1. The van der Waals surface area contributed by atoms with Gasteiger partial charge in [0.2, 0.25) is 0 Å². The molecule has 7 nitrogen and oxygen atoms in total. The van der Waals surface area contributed by atoms with Crippen LogP contribution in [0.5, 0.6) is 0 Å². The Morgan fingerprint density at radius 1 is 1.17 bits per heavy atom. The normalized spacial score (nSPS) is 12.1. The van der Waals surface area contributed by atoms with Crippen molar-refractivity contribution in [2.45, 2.75) is 51.9 Å². The molecule has 0 saturated heterocycles. The van der Waals surface area contributed by atoms with Crippen LogP contribution < -0.4 is 10.4 Å². The number of hydrogen-bond donors (Lipinski definition) is 1. The van der Waals surface area contributed by atoms with E-state index in [9.17, 15) is 19.5 Å². The monoisotopic (exact) mass is 336 g/mol. The summed E-state index contributed by atoms with van der Waals surface area (Å²) in [6, 6.07) is 7.62. The first-order chi connectivity index (χ1) is 11.2. The highest BCUT2D eigenvalue weighted by Crippen LogP contribution is 2.10. The van der Waals surface area contributed by atoms with Crippen LogP contribution in [0.2, 0.25) is 0 Å². The highest BCUT2D eigenvalue weighted by atomic mass is 16.6. The Morgan fingerprint density at radius 3 is 2.33 bits per heavy atom. The van der Waals surface area contributed by atoms with Gasteiger partial charge in [0.1, 0.15) is 12.2 Å². The molecule has 24 heavy (non-hydrogen) atoms. The summed E-state index contributed by atoms with van der Waals surface area (Å²) in [5, 5.41) is 13.2. The van der Waals surface area contributed by atoms with Gasteiger partial charge >= 0.3 is 12.1 Å². The lowest BCUT2D eigenvalue weighted by atomic mass is 10.1. The maximum Gasteiger partial charge on any atom is 0.407 e. The number of rotatable bonds is 7. The second kappa shape index (κ2) is 8.90. The molecule has 1 aromatic carbocycles. The lowest BCUT2D eigenvalue weighted by molar-refractivity contribution is -0.308. The summed E-state index contributed by atoms with van der Waals surface area (Å²) < 4.78 is 10.0. The van der Waals surface area contributed by atoms with Crippen molar-refractivity contribution in [3.05, 3.63) is 35.9 Å². The summed E-state index contributed by atoms with van der Waals surface area (Å²) in [5.41, 5.74) is 0.113. The molecule has 0 saturated carbocycles. The number of aliphatic carboxylic acids is 1. The van der Waals surface area contributed by atoms with Crippen LogP contribution in [0.1, 0.15) is 39.2 Å². The number of esters is 1. The smallest absolute Gasteiger partial charge is 0.407 e. The number of nitrogens with one attached hydrogen (secondary N) is 1. The van der Waals surface area contributed by atoms with Crippen molar-refractivity contribution in [2.75, 3.05) is 0 Å². The molecule has 1 aromatic rings. The quantitative estimate of drug-likeness (QED) is 0.749. The highest BCUT2D eigenvalue weighted by Gasteiger charge is 2.20. The largest absolute Gasteiger partial charge is 0.548 e. The predicted octanol–water partition coefficient (Wildman–Crippen LogP) is 1.15. The van der Waals surface area contributed by atoms with Crippen LogP contribution in [-0.4, -0.2) is 29.7 Å². The maximum absolute atomic E-state index is 11.7. The van der Waals surface area contributed by atoms with Gasteiger partial charge in [-0.2, -0.15) is 0 Å². The Hall–Kier alpha value is -2.57. The van der Waals surface area contributed by atoms with Gasteiger partial charge in [-0.05, 0) is 32.8 Å². The first-order valence-electron chi connectivity index (χ1n) is 7.57. The molecule has 0 aliphatic rings. The average molecular weight is 336 g/mol. The fourth-order valence-electron chi connectivity index (χ4n) is 1.81. The molecule has 0 aliphatic heterocycles. The van der Waals surface area contributed by atoms with Crippen molar-refractivity contribution in [2.24, 2.45) is 0 Å². The molecule has 7 heteroatoms. The molecule has 0 aliphatic carbocycles. The van der Waals surface area contributed by atoms with Gasteiger partial charge in [-0.1, -0.05) is 30.3 Å². The van der Waals surface area contributed by atoms with E-state index in [1.54, 1.807) is 45.0 Å². The first-order valence-corrected chi connectivity index (χ1v) is 7.57. The standard InChI is InChI=1S/C17H23NO6/c1-17(2,3)24-14(19)10-9-13(15(20)21)18-16(22)23-11-12-7-5-4-6-8-12/h4-8,13H,9-11H2,1-3H3,(H,18,22)(H,20,21)/p-1/t13-/m0/s1. The van der Waals surface area contributed by atoms with Gasteiger partial charge < -0.3 is 24.7 Å². The maximum atomic E-state index is 11.7. The lowest BCUT2D eigenvalue weighted by Gasteiger charge is -2.22. The molecular formula is C17H22NO6-. The Labute approximate surface area is 141 Å². The zero-order valence-corrected chi connectivity index (χ0v) is 14.0. The topological polar surface area (TPSA) is 105 Å². The van der Waals surface area contributed by atoms with Crippen molar-refractivity contribution in [3.8, 4) is 0 Å². The fraction of sp³-hybridized carbons (Fsp3) is 0.471. The molecule has 0 bridgehead atoms. The van der Waals surface area contributed by atoms with E-state index in [1.165, 1.54) is 0 Å². The molecule has 0 aromatic heterocycles. The Morgan fingerprint density at radius 2 is 1.79 bits per heavy atom. The Balaban J connectivity index is 2.43. The zero-order valence-electron chi connectivity index (χ0n) is 14.0. The summed E-state index contributed by atoms with van der Waals surface area (Å²) >= 11 is 0. The molecule has 0 spiro atoms. The van der Waals surface area contributed by atoms with E-state index in [0.717, 1.165) is 5.56 Å². The van der Waals surface area contributed by atoms with E-state index in [0.29, 0.717) is 0 Å². The van der Waals surface area contributed by atoms with Crippen molar-refractivity contribution in [3.63, 3.8) is 0 Å². The minimum Gasteiger partial charge on any atom is -0.548 e. The van der Waals surface area contributed by atoms with Crippen molar-refractivity contribution < 1.29 is 29.0 Å². The van der Waals surface area contributed by atoms with E-state index in [4.69, 9.17) is 9.47 Å². The number of hydrogen-bond acceptors (Lipinski definition) is 6. The molecule has 0 heterocycles. The summed E-state index contributed by atoms with van der Waals surface area (Å²) in [6.07, 6.45) is -1.19. The van der Waals surface area contributed by atoms with Gasteiger partial charge in [-0.3, -0.25) is 4.79 Å². The van der Waals surface area contributed by atoms with Gasteiger partial charge in [0, 0.05) is 6.42 Å². The van der Waals surface area contributed by atoms with Crippen molar-refractivity contribution in [1.82, 2.24) is 5.32 Å². The van der Waals surface area contributed by atoms with Gasteiger partial charge in [0.05, 0.1) is 12.0 Å². The average Bonchev–Trinajstić information content (AvgIpc) is 2.48. The Bertz CT molecular complexity index is 564. The lowest BCUT2D eigenvalue weighted by Crippen LogP contribution is -2.48. The van der Waals surface area contributed by atoms with Crippen LogP contribution >= 0.6 is 0 Å². The highest BCUT2D eigenvalue weighted by molar-refractivity contribution is 5.79. The second-order valence-electron chi connectivity index (χ2n) is 6.20. The van der Waals surface area contributed by atoms with Crippen LogP contribution in [0.3, 0.4) is 0 Å². The predicted molar refractivity (Wildman–Crippen MR) is 83.6 cm³/mol. The number of amides is 1. The van der Waals surface area contributed by atoms with E-state index in [2.05, 4.69) is 5.32 Å². The van der Waals surface area contributed by atoms with Crippen molar-refractivity contribution in [1.29, 1.82) is 0 Å². The second-order valence-corrected chi connectivity index (χ2v) is 6.20. The molecule has 132 valence electrons. The molecule has 0 unspecified atom stereocenters. The molecule has 1 rings (SSSR count). The third-order valence-corrected chi connectivity index (χ3v) is 2.85. The van der Waals surface area contributed by atoms with E-state index < -0.39 is 29.7 Å². The van der Waals surface area contributed by atoms with Gasteiger partial charge in [-0.25, -0.2) is 4.79 Å². The summed E-state index contributed by atoms with van der Waals surface area (Å²) in [7, 11) is 0. The van der Waals surface area contributed by atoms with Crippen LogP contribution in [-0.2, 0) is 25.7 Å². The van der Waals surface area contributed by atoms with Crippen LogP contribution in [0.15, 0.2) is 30.3 Å². The minimum atomic E-state index is -1.49. The summed E-state index contributed by atoms with van der Waals surface area (Å²) in [6.45, 7) is 5.14. The summed E-state index contributed by atoms with van der Waals surface area (Å²) in [4.78, 5) is 34.3. The molecule has 1 amide bonds. The number of benzene rings is 1. The Kier molecular flexibility index (Phi) is 7.23.